The number of carboxylic acids is 1. The number of hydrogen-bond acceptors (Lipinski definition) is 6. The van der Waals surface area contributed by atoms with Crippen LogP contribution in [0.25, 0.3) is 11.0 Å². The second-order valence-electron chi connectivity index (χ2n) is 10.3. The number of aromatic nitrogens is 2. The molecule has 222 valence electrons. The minimum Gasteiger partial charge on any atom is -0.481 e. The molecule has 2 aromatic carbocycles. The maximum atomic E-state index is 13.4. The van der Waals surface area contributed by atoms with Crippen molar-refractivity contribution in [2.24, 2.45) is 0 Å². The first kappa shape index (κ1) is 31.1. The van der Waals surface area contributed by atoms with E-state index in [2.05, 4.69) is 13.0 Å². The maximum absolute atomic E-state index is 13.4. The van der Waals surface area contributed by atoms with Crippen LogP contribution in [0.5, 0.6) is 0 Å². The molecule has 1 aliphatic rings. The first-order valence-electron chi connectivity index (χ1n) is 14.4. The number of aryl methyl sites for hydroxylation is 1. The van der Waals surface area contributed by atoms with Gasteiger partial charge in [-0.25, -0.2) is 18.4 Å². The standard InChI is InChI=1S/C32H38N4O5S/c1-3-5-7-12-24(4-2)31-28(15-10-11-16-30(37)38)33-29-23-25(17-18-27(29)34-31)32(39)35-19-21-36(22-20-35)42(40,41)26-13-8-6-9-14-26/h3,5-9,12-14,17-18,23-24H,4,10-11,15-16,19-22H2,1-2H3,(H,37,38). The van der Waals surface area contributed by atoms with Gasteiger partial charge in [-0.2, -0.15) is 4.31 Å². The predicted octanol–water partition coefficient (Wildman–Crippen LogP) is 5.20. The first-order valence-corrected chi connectivity index (χ1v) is 15.8. The predicted molar refractivity (Wildman–Crippen MR) is 163 cm³/mol. The van der Waals surface area contributed by atoms with Crippen molar-refractivity contribution in [2.75, 3.05) is 26.2 Å². The Morgan fingerprint density at radius 3 is 2.38 bits per heavy atom. The number of carbonyl (C=O) groups is 2. The van der Waals surface area contributed by atoms with Crippen LogP contribution in [0, 0.1) is 0 Å². The van der Waals surface area contributed by atoms with Gasteiger partial charge in [0.05, 0.1) is 27.3 Å². The Kier molecular flexibility index (Phi) is 10.6. The lowest BCUT2D eigenvalue weighted by Gasteiger charge is -2.34. The Morgan fingerprint density at radius 1 is 0.976 bits per heavy atom. The first-order chi connectivity index (χ1) is 20.2. The van der Waals surface area contributed by atoms with Crippen LogP contribution in [-0.2, 0) is 21.2 Å². The Labute approximate surface area is 247 Å². The minimum atomic E-state index is -3.61. The highest BCUT2D eigenvalue weighted by Gasteiger charge is 2.30. The molecule has 0 aliphatic carbocycles. The Morgan fingerprint density at radius 2 is 1.71 bits per heavy atom. The number of aliphatic carboxylic acids is 1. The molecule has 1 aromatic heterocycles. The zero-order valence-electron chi connectivity index (χ0n) is 24.1. The Bertz CT molecular complexity index is 1560. The molecule has 0 radical (unpaired) electrons. The molecule has 1 amide bonds. The van der Waals surface area contributed by atoms with Crippen LogP contribution in [0.1, 0.15) is 67.2 Å². The molecule has 1 saturated heterocycles. The second-order valence-corrected chi connectivity index (χ2v) is 12.2. The minimum absolute atomic E-state index is 0.0531. The van der Waals surface area contributed by atoms with Crippen LogP contribution in [0.4, 0.5) is 0 Å². The van der Waals surface area contributed by atoms with Crippen LogP contribution >= 0.6 is 0 Å². The summed E-state index contributed by atoms with van der Waals surface area (Å²) in [4.78, 5) is 36.3. The normalized spacial score (nSPS) is 15.5. The van der Waals surface area contributed by atoms with Gasteiger partial charge in [0.2, 0.25) is 10.0 Å². The molecule has 1 unspecified atom stereocenters. The van der Waals surface area contributed by atoms with Crippen molar-refractivity contribution in [1.82, 2.24) is 19.2 Å². The number of hydrogen-bond donors (Lipinski definition) is 1. The lowest BCUT2D eigenvalue weighted by atomic mass is 9.96. The van der Waals surface area contributed by atoms with Crippen LogP contribution < -0.4 is 0 Å². The molecule has 1 N–H and O–H groups in total. The zero-order valence-corrected chi connectivity index (χ0v) is 25.0. The molecular weight excluding hydrogens is 552 g/mol. The van der Waals surface area contributed by atoms with Gasteiger partial charge in [0.25, 0.3) is 5.91 Å². The number of allylic oxidation sites excluding steroid dienone is 4. The van der Waals surface area contributed by atoms with E-state index in [1.165, 1.54) is 4.31 Å². The molecule has 0 spiro atoms. The fraction of sp³-hybridized carbons (Fsp3) is 0.375. The van der Waals surface area contributed by atoms with Crippen molar-refractivity contribution in [1.29, 1.82) is 0 Å². The summed E-state index contributed by atoms with van der Waals surface area (Å²) in [5.41, 5.74) is 3.45. The lowest BCUT2D eigenvalue weighted by Crippen LogP contribution is -2.50. The molecule has 1 fully saturated rings. The van der Waals surface area contributed by atoms with E-state index in [-0.39, 0.29) is 36.2 Å². The summed E-state index contributed by atoms with van der Waals surface area (Å²) in [6, 6.07) is 13.6. The van der Waals surface area contributed by atoms with Crippen molar-refractivity contribution in [3.63, 3.8) is 0 Å². The number of carboxylic acid groups (broad SMARTS) is 1. The van der Waals surface area contributed by atoms with Crippen LogP contribution in [0.2, 0.25) is 0 Å². The molecule has 0 bridgehead atoms. The third kappa shape index (κ3) is 7.49. The summed E-state index contributed by atoms with van der Waals surface area (Å²) < 4.78 is 27.4. The van der Waals surface area contributed by atoms with E-state index in [4.69, 9.17) is 15.1 Å². The quantitative estimate of drug-likeness (QED) is 0.227. The smallest absolute Gasteiger partial charge is 0.303 e. The fourth-order valence-corrected chi connectivity index (χ4v) is 6.52. The van der Waals surface area contributed by atoms with Crippen molar-refractivity contribution in [2.45, 2.75) is 56.8 Å². The largest absolute Gasteiger partial charge is 0.481 e. The van der Waals surface area contributed by atoms with E-state index in [9.17, 15) is 18.0 Å². The van der Waals surface area contributed by atoms with Crippen molar-refractivity contribution in [3.05, 3.63) is 89.8 Å². The average molecular weight is 591 g/mol. The van der Waals surface area contributed by atoms with Gasteiger partial charge in [0.15, 0.2) is 0 Å². The highest BCUT2D eigenvalue weighted by molar-refractivity contribution is 7.89. The number of amides is 1. The van der Waals surface area contributed by atoms with Gasteiger partial charge in [0.1, 0.15) is 0 Å². The number of nitrogens with zero attached hydrogens (tertiary/aromatic N) is 4. The Balaban J connectivity index is 1.55. The van der Waals surface area contributed by atoms with Gasteiger partial charge >= 0.3 is 5.97 Å². The van der Waals surface area contributed by atoms with Gasteiger partial charge in [-0.05, 0) is 62.9 Å². The molecule has 3 aromatic rings. The number of rotatable bonds is 12. The van der Waals surface area contributed by atoms with Crippen LogP contribution in [0.15, 0.2) is 77.7 Å². The summed E-state index contributed by atoms with van der Waals surface area (Å²) in [6.45, 7) is 5.08. The third-order valence-electron chi connectivity index (χ3n) is 7.41. The lowest BCUT2D eigenvalue weighted by molar-refractivity contribution is -0.137. The number of benzene rings is 2. The molecule has 10 heteroatoms. The average Bonchev–Trinajstić information content (AvgIpc) is 3.01. The molecule has 1 aliphatic heterocycles. The molecule has 1 atom stereocenters. The monoisotopic (exact) mass is 590 g/mol. The van der Waals surface area contributed by atoms with E-state index in [1.807, 2.05) is 31.2 Å². The molecule has 9 nitrogen and oxygen atoms in total. The highest BCUT2D eigenvalue weighted by atomic mass is 32.2. The van der Waals surface area contributed by atoms with Crippen LogP contribution in [0.3, 0.4) is 0 Å². The molecule has 2 heterocycles. The number of fused-ring (bicyclic) bond motifs is 1. The van der Waals surface area contributed by atoms with Gasteiger partial charge in [-0.3, -0.25) is 9.59 Å². The van der Waals surface area contributed by atoms with E-state index in [0.717, 1.165) is 17.8 Å². The fourth-order valence-electron chi connectivity index (χ4n) is 5.07. The maximum Gasteiger partial charge on any atom is 0.303 e. The number of piperazine rings is 1. The summed E-state index contributed by atoms with van der Waals surface area (Å²) in [5, 5.41) is 9.04. The zero-order chi connectivity index (χ0) is 30.1. The van der Waals surface area contributed by atoms with E-state index >= 15 is 0 Å². The number of unbranched alkanes of at least 4 members (excludes halogenated alkanes) is 1. The van der Waals surface area contributed by atoms with Crippen molar-refractivity contribution >= 4 is 32.9 Å². The summed E-state index contributed by atoms with van der Waals surface area (Å²) in [5.74, 6) is -0.942. The summed E-state index contributed by atoms with van der Waals surface area (Å²) in [7, 11) is -3.61. The highest BCUT2D eigenvalue weighted by Crippen LogP contribution is 2.27. The Hall–Kier alpha value is -3.89. The van der Waals surface area contributed by atoms with E-state index in [1.54, 1.807) is 47.4 Å². The second kappa shape index (κ2) is 14.3. The summed E-state index contributed by atoms with van der Waals surface area (Å²) >= 11 is 0. The topological polar surface area (TPSA) is 121 Å². The van der Waals surface area contributed by atoms with Crippen LogP contribution in [-0.4, -0.2) is 70.8 Å². The number of sulfonamides is 1. The van der Waals surface area contributed by atoms with Gasteiger partial charge in [0, 0.05) is 44.1 Å². The number of carbonyl (C=O) groups excluding carboxylic acids is 1. The molecule has 42 heavy (non-hydrogen) atoms. The molecule has 0 saturated carbocycles. The SMILES string of the molecule is CC=CC=CC(CC)c1nc2ccc(C(=O)N3CCN(S(=O)(=O)c4ccccc4)CC3)cc2nc1CCCCC(=O)O. The summed E-state index contributed by atoms with van der Waals surface area (Å²) in [6.07, 6.45) is 10.8. The van der Waals surface area contributed by atoms with Crippen molar-refractivity contribution in [3.8, 4) is 0 Å². The van der Waals surface area contributed by atoms with E-state index in [0.29, 0.717) is 48.9 Å². The van der Waals surface area contributed by atoms with Gasteiger partial charge in [-0.1, -0.05) is 49.4 Å². The third-order valence-corrected chi connectivity index (χ3v) is 9.33. The molecule has 4 rings (SSSR count). The van der Waals surface area contributed by atoms with E-state index < -0.39 is 16.0 Å². The van der Waals surface area contributed by atoms with Gasteiger partial charge in [-0.15, -0.1) is 0 Å². The van der Waals surface area contributed by atoms with Crippen molar-refractivity contribution < 1.29 is 23.1 Å². The molecular formula is C32H38N4O5S. The van der Waals surface area contributed by atoms with Gasteiger partial charge < -0.3 is 10.0 Å².